The van der Waals surface area contributed by atoms with Crippen LogP contribution in [-0.2, 0) is 17.8 Å². The van der Waals surface area contributed by atoms with Crippen molar-refractivity contribution < 1.29 is 4.79 Å². The lowest BCUT2D eigenvalue weighted by atomic mass is 9.99. The van der Waals surface area contributed by atoms with Crippen molar-refractivity contribution in [2.45, 2.75) is 64.1 Å². The van der Waals surface area contributed by atoms with Crippen LogP contribution in [-0.4, -0.2) is 32.8 Å². The Morgan fingerprint density at radius 1 is 1.45 bits per heavy atom. The third kappa shape index (κ3) is 2.85. The van der Waals surface area contributed by atoms with Crippen molar-refractivity contribution in [2.75, 3.05) is 0 Å². The van der Waals surface area contributed by atoms with Crippen LogP contribution >= 0.6 is 0 Å². The summed E-state index contributed by atoms with van der Waals surface area (Å²) < 4.78 is 1.92. The molecule has 20 heavy (non-hydrogen) atoms. The predicted octanol–water partition coefficient (Wildman–Crippen LogP) is 0.535. The Balaban J connectivity index is 1.52. The van der Waals surface area contributed by atoms with Gasteiger partial charge in [0.25, 0.3) is 0 Å². The van der Waals surface area contributed by atoms with Gasteiger partial charge < -0.3 is 11.1 Å². The highest BCUT2D eigenvalue weighted by molar-refractivity contribution is 5.76. The first-order valence-corrected chi connectivity index (χ1v) is 7.57. The molecule has 3 atom stereocenters. The van der Waals surface area contributed by atoms with E-state index >= 15 is 0 Å². The van der Waals surface area contributed by atoms with E-state index in [9.17, 15) is 4.79 Å². The number of nitrogens with one attached hydrogen (secondary N) is 1. The molecule has 6 nitrogen and oxygen atoms in total. The normalized spacial score (nSPS) is 29.2. The molecule has 1 amide bonds. The smallest absolute Gasteiger partial charge is 0.220 e. The quantitative estimate of drug-likeness (QED) is 0.844. The molecule has 1 fully saturated rings. The second-order valence-electron chi connectivity index (χ2n) is 6.12. The van der Waals surface area contributed by atoms with E-state index in [-0.39, 0.29) is 18.0 Å². The number of aromatic nitrogens is 3. The molecule has 0 saturated heterocycles. The van der Waals surface area contributed by atoms with Crippen LogP contribution < -0.4 is 11.1 Å². The number of nitrogens with zero attached hydrogens (tertiary/aromatic N) is 3. The average molecular weight is 277 g/mol. The zero-order valence-electron chi connectivity index (χ0n) is 12.0. The van der Waals surface area contributed by atoms with Crippen LogP contribution in [0.5, 0.6) is 0 Å². The van der Waals surface area contributed by atoms with Gasteiger partial charge in [0.2, 0.25) is 5.91 Å². The zero-order valence-corrected chi connectivity index (χ0v) is 12.0. The van der Waals surface area contributed by atoms with E-state index in [4.69, 9.17) is 5.73 Å². The third-order valence-electron chi connectivity index (χ3n) is 4.49. The predicted molar refractivity (Wildman–Crippen MR) is 74.9 cm³/mol. The van der Waals surface area contributed by atoms with Gasteiger partial charge in [-0.15, -0.1) is 0 Å². The summed E-state index contributed by atoms with van der Waals surface area (Å²) >= 11 is 0. The first-order valence-electron chi connectivity index (χ1n) is 7.57. The number of nitrogens with two attached hydrogens (primary N) is 1. The molecule has 1 aromatic heterocycles. The topological polar surface area (TPSA) is 85.8 Å². The molecule has 2 heterocycles. The number of carbonyl (C=O) groups excluding carboxylic acids is 1. The minimum atomic E-state index is 0.137. The first kappa shape index (κ1) is 13.5. The summed E-state index contributed by atoms with van der Waals surface area (Å²) in [7, 11) is 0. The number of hydrogen-bond acceptors (Lipinski definition) is 4. The first-order chi connectivity index (χ1) is 9.61. The zero-order chi connectivity index (χ0) is 14.1. The van der Waals surface area contributed by atoms with Crippen LogP contribution in [0.25, 0.3) is 0 Å². The molecule has 0 bridgehead atoms. The summed E-state index contributed by atoms with van der Waals surface area (Å²) in [5.74, 6) is 2.34. The summed E-state index contributed by atoms with van der Waals surface area (Å²) in [6, 6.07) is 0.380. The van der Waals surface area contributed by atoms with Gasteiger partial charge in [-0.05, 0) is 32.1 Å². The minimum absolute atomic E-state index is 0.137. The van der Waals surface area contributed by atoms with Gasteiger partial charge in [-0.1, -0.05) is 6.42 Å². The third-order valence-corrected chi connectivity index (χ3v) is 4.49. The van der Waals surface area contributed by atoms with Crippen LogP contribution in [0.3, 0.4) is 0 Å². The highest BCUT2D eigenvalue weighted by Gasteiger charge is 2.28. The largest absolute Gasteiger partial charge is 0.351 e. The fraction of sp³-hybridized carbons (Fsp3) is 0.786. The maximum absolute atomic E-state index is 12.1. The van der Waals surface area contributed by atoms with Gasteiger partial charge in [0.15, 0.2) is 0 Å². The van der Waals surface area contributed by atoms with Crippen molar-refractivity contribution in [3.63, 3.8) is 0 Å². The lowest BCUT2D eigenvalue weighted by Crippen LogP contribution is -2.42. The van der Waals surface area contributed by atoms with E-state index in [2.05, 4.69) is 15.4 Å². The monoisotopic (exact) mass is 277 g/mol. The molecule has 0 aromatic carbocycles. The second-order valence-corrected chi connectivity index (χ2v) is 6.12. The van der Waals surface area contributed by atoms with Crippen molar-refractivity contribution >= 4 is 5.91 Å². The fourth-order valence-corrected chi connectivity index (χ4v) is 3.40. The van der Waals surface area contributed by atoms with E-state index in [1.54, 1.807) is 0 Å². The molecule has 1 aliphatic heterocycles. The van der Waals surface area contributed by atoms with E-state index in [0.29, 0.717) is 12.3 Å². The molecule has 1 aromatic rings. The van der Waals surface area contributed by atoms with Gasteiger partial charge in [0.1, 0.15) is 11.6 Å². The number of amides is 1. The number of fused-ring (bicyclic) bond motifs is 1. The molecule has 0 radical (unpaired) electrons. The molecule has 1 unspecified atom stereocenters. The van der Waals surface area contributed by atoms with E-state index in [0.717, 1.165) is 50.3 Å². The summed E-state index contributed by atoms with van der Waals surface area (Å²) in [6.07, 6.45) is 5.70. The van der Waals surface area contributed by atoms with Gasteiger partial charge in [-0.3, -0.25) is 4.79 Å². The maximum atomic E-state index is 12.1. The summed E-state index contributed by atoms with van der Waals surface area (Å²) in [5.41, 5.74) is 6.02. The van der Waals surface area contributed by atoms with Crippen molar-refractivity contribution in [2.24, 2.45) is 11.7 Å². The van der Waals surface area contributed by atoms with Gasteiger partial charge in [-0.2, -0.15) is 5.10 Å². The van der Waals surface area contributed by atoms with Crippen LogP contribution in [0.1, 0.15) is 43.8 Å². The van der Waals surface area contributed by atoms with Crippen LogP contribution in [0, 0.1) is 12.8 Å². The molecule has 0 spiro atoms. The minimum Gasteiger partial charge on any atom is -0.351 e. The van der Waals surface area contributed by atoms with Crippen molar-refractivity contribution in [3.8, 4) is 0 Å². The van der Waals surface area contributed by atoms with E-state index in [1.807, 2.05) is 11.6 Å². The second kappa shape index (κ2) is 5.52. The molecule has 2 aliphatic rings. The van der Waals surface area contributed by atoms with Crippen LogP contribution in [0.15, 0.2) is 0 Å². The van der Waals surface area contributed by atoms with Gasteiger partial charge in [0.05, 0.1) is 6.54 Å². The molecule has 3 rings (SSSR count). The Labute approximate surface area is 119 Å². The van der Waals surface area contributed by atoms with E-state index < -0.39 is 0 Å². The fourth-order valence-electron chi connectivity index (χ4n) is 3.40. The molecule has 1 saturated carbocycles. The molecular weight excluding hydrogens is 254 g/mol. The Hall–Kier alpha value is -1.43. The molecular formula is C14H23N5O. The Morgan fingerprint density at radius 3 is 3.05 bits per heavy atom. The lowest BCUT2D eigenvalue weighted by Gasteiger charge is -2.24. The van der Waals surface area contributed by atoms with Crippen LogP contribution in [0.2, 0.25) is 0 Å². The SMILES string of the molecule is Cc1nc2n(n1)CC(NC(=O)C[C@@H]1CCC[C@H]1N)CC2. The number of rotatable bonds is 3. The molecule has 110 valence electrons. The highest BCUT2D eigenvalue weighted by atomic mass is 16.1. The highest BCUT2D eigenvalue weighted by Crippen LogP contribution is 2.26. The van der Waals surface area contributed by atoms with E-state index in [1.165, 1.54) is 0 Å². The van der Waals surface area contributed by atoms with Gasteiger partial charge in [-0.25, -0.2) is 9.67 Å². The lowest BCUT2D eigenvalue weighted by molar-refractivity contribution is -0.123. The number of aryl methyl sites for hydroxylation is 2. The maximum Gasteiger partial charge on any atom is 0.220 e. The summed E-state index contributed by atoms with van der Waals surface area (Å²) in [6.45, 7) is 2.64. The molecule has 3 N–H and O–H groups in total. The Bertz CT molecular complexity index is 498. The Morgan fingerprint density at radius 2 is 2.30 bits per heavy atom. The standard InChI is InChI=1S/C14H23N5O/c1-9-16-13-6-5-11(8-19(13)18-9)17-14(20)7-10-3-2-4-12(10)15/h10-12H,2-8,15H2,1H3,(H,17,20)/t10-,11?,12+/m0/s1. The van der Waals surface area contributed by atoms with Crippen molar-refractivity contribution in [3.05, 3.63) is 11.6 Å². The van der Waals surface area contributed by atoms with Gasteiger partial charge >= 0.3 is 0 Å². The number of carbonyl (C=O) groups is 1. The van der Waals surface area contributed by atoms with Crippen LogP contribution in [0.4, 0.5) is 0 Å². The average Bonchev–Trinajstić information content (AvgIpc) is 2.94. The van der Waals surface area contributed by atoms with Crippen molar-refractivity contribution in [1.29, 1.82) is 0 Å². The molecule has 1 aliphatic carbocycles. The number of hydrogen-bond donors (Lipinski definition) is 2. The Kier molecular flexibility index (Phi) is 3.74. The summed E-state index contributed by atoms with van der Waals surface area (Å²) in [5, 5.41) is 7.49. The molecule has 6 heteroatoms. The van der Waals surface area contributed by atoms with Gasteiger partial charge in [0, 0.05) is 24.9 Å². The summed E-state index contributed by atoms with van der Waals surface area (Å²) in [4.78, 5) is 16.5. The van der Waals surface area contributed by atoms with Crippen molar-refractivity contribution in [1.82, 2.24) is 20.1 Å².